The van der Waals surface area contributed by atoms with Crippen LogP contribution in [0, 0.1) is 6.92 Å². The highest BCUT2D eigenvalue weighted by atomic mass is 16.1. The second-order valence-corrected chi connectivity index (χ2v) is 5.47. The molecule has 2 rings (SSSR count). The third-order valence-electron chi connectivity index (χ3n) is 3.87. The molecule has 1 saturated heterocycles. The van der Waals surface area contributed by atoms with Crippen molar-refractivity contribution in [2.75, 3.05) is 18.8 Å². The van der Waals surface area contributed by atoms with Crippen LogP contribution < -0.4 is 5.73 Å². The number of nitrogen functional groups attached to an aromatic ring is 1. The highest BCUT2D eigenvalue weighted by Gasteiger charge is 2.38. The molecule has 4 nitrogen and oxygen atoms in total. The van der Waals surface area contributed by atoms with Gasteiger partial charge in [0.25, 0.3) is 0 Å². The van der Waals surface area contributed by atoms with Crippen molar-refractivity contribution in [1.29, 1.82) is 0 Å². The van der Waals surface area contributed by atoms with E-state index in [2.05, 4.69) is 9.88 Å². The fourth-order valence-electron chi connectivity index (χ4n) is 2.60. The van der Waals surface area contributed by atoms with E-state index in [0.717, 1.165) is 31.5 Å². The molecule has 0 saturated carbocycles. The number of aryl methyl sites for hydroxylation is 1. The fraction of sp³-hybridized carbons (Fsp3) is 0.571. The van der Waals surface area contributed by atoms with Crippen LogP contribution in [0.3, 0.4) is 0 Å². The number of Topliss-reactive ketones (excluding diaryl/α,β-unsaturated/α-hetero) is 1. The first-order valence-electron chi connectivity index (χ1n) is 6.45. The smallest absolute Gasteiger partial charge is 0.186 e. The number of likely N-dealkylation sites (tertiary alicyclic amines) is 1. The van der Waals surface area contributed by atoms with Crippen molar-refractivity contribution in [3.8, 4) is 0 Å². The summed E-state index contributed by atoms with van der Waals surface area (Å²) < 4.78 is 0. The maximum Gasteiger partial charge on any atom is 0.186 e. The number of pyridine rings is 1. The molecule has 0 spiro atoms. The first kappa shape index (κ1) is 13.0. The first-order chi connectivity index (χ1) is 8.44. The zero-order chi connectivity index (χ0) is 13.3. The van der Waals surface area contributed by atoms with Gasteiger partial charge in [0.2, 0.25) is 0 Å². The summed E-state index contributed by atoms with van der Waals surface area (Å²) in [5.74, 6) is 0.416. The summed E-state index contributed by atoms with van der Waals surface area (Å²) in [5.41, 5.74) is 6.85. The Bertz CT molecular complexity index is 442. The van der Waals surface area contributed by atoms with Gasteiger partial charge in [-0.1, -0.05) is 0 Å². The van der Waals surface area contributed by atoms with Crippen LogP contribution in [-0.2, 0) is 0 Å². The van der Waals surface area contributed by atoms with Crippen molar-refractivity contribution in [2.24, 2.45) is 0 Å². The Balaban J connectivity index is 2.35. The normalized spacial score (nSPS) is 17.1. The number of nitrogens with two attached hydrogens (primary N) is 1. The Morgan fingerprint density at radius 1 is 1.39 bits per heavy atom. The van der Waals surface area contributed by atoms with Crippen LogP contribution in [0.15, 0.2) is 12.3 Å². The molecule has 0 amide bonds. The summed E-state index contributed by atoms with van der Waals surface area (Å²) >= 11 is 0. The number of aromatic nitrogens is 1. The molecule has 1 aliphatic rings. The Hall–Kier alpha value is -1.42. The average Bonchev–Trinajstić information content (AvgIpc) is 2.82. The number of nitrogens with zero attached hydrogens (tertiary/aromatic N) is 2. The lowest BCUT2D eigenvalue weighted by atomic mass is 9.89. The van der Waals surface area contributed by atoms with Gasteiger partial charge < -0.3 is 5.73 Å². The molecule has 2 N–H and O–H groups in total. The Kier molecular flexibility index (Phi) is 3.39. The Labute approximate surface area is 108 Å². The van der Waals surface area contributed by atoms with E-state index in [1.165, 1.54) is 0 Å². The summed E-state index contributed by atoms with van der Waals surface area (Å²) in [7, 11) is 0. The monoisotopic (exact) mass is 247 g/mol. The van der Waals surface area contributed by atoms with Crippen LogP contribution in [0.25, 0.3) is 0 Å². The third kappa shape index (κ3) is 2.12. The molecule has 0 radical (unpaired) electrons. The van der Waals surface area contributed by atoms with Crippen LogP contribution >= 0.6 is 0 Å². The van der Waals surface area contributed by atoms with Gasteiger partial charge in [-0.15, -0.1) is 0 Å². The third-order valence-corrected chi connectivity index (χ3v) is 3.87. The number of carbonyl (C=O) groups is 1. The van der Waals surface area contributed by atoms with Crippen molar-refractivity contribution in [2.45, 2.75) is 39.2 Å². The van der Waals surface area contributed by atoms with E-state index in [9.17, 15) is 4.79 Å². The van der Waals surface area contributed by atoms with E-state index >= 15 is 0 Å². The van der Waals surface area contributed by atoms with Crippen molar-refractivity contribution in [3.05, 3.63) is 23.4 Å². The number of hydrogen-bond donors (Lipinski definition) is 1. The lowest BCUT2D eigenvalue weighted by Crippen LogP contribution is -2.49. The molecule has 0 unspecified atom stereocenters. The topological polar surface area (TPSA) is 59.2 Å². The average molecular weight is 247 g/mol. The molecule has 1 fully saturated rings. The Morgan fingerprint density at radius 2 is 2.00 bits per heavy atom. The maximum atomic E-state index is 12.7. The molecule has 4 heteroatoms. The van der Waals surface area contributed by atoms with Gasteiger partial charge in [0.05, 0.1) is 11.1 Å². The molecule has 2 heterocycles. The van der Waals surface area contributed by atoms with Crippen molar-refractivity contribution in [3.63, 3.8) is 0 Å². The molecule has 0 aromatic carbocycles. The van der Waals surface area contributed by atoms with E-state index in [-0.39, 0.29) is 5.78 Å². The Morgan fingerprint density at radius 3 is 2.56 bits per heavy atom. The minimum Gasteiger partial charge on any atom is -0.383 e. The highest BCUT2D eigenvalue weighted by molar-refractivity contribution is 6.07. The van der Waals surface area contributed by atoms with Crippen molar-refractivity contribution in [1.82, 2.24) is 9.88 Å². The van der Waals surface area contributed by atoms with Gasteiger partial charge in [0.15, 0.2) is 5.78 Å². The molecular formula is C14H21N3O. The molecule has 0 aliphatic carbocycles. The van der Waals surface area contributed by atoms with E-state index in [1.807, 2.05) is 26.8 Å². The van der Waals surface area contributed by atoms with Crippen LogP contribution in [0.4, 0.5) is 5.82 Å². The van der Waals surface area contributed by atoms with Gasteiger partial charge in [0, 0.05) is 6.20 Å². The lowest BCUT2D eigenvalue weighted by molar-refractivity contribution is 0.0702. The van der Waals surface area contributed by atoms with Crippen LogP contribution in [0.5, 0.6) is 0 Å². The molecule has 98 valence electrons. The van der Waals surface area contributed by atoms with E-state index < -0.39 is 5.54 Å². The second kappa shape index (κ2) is 4.69. The van der Waals surface area contributed by atoms with Crippen LogP contribution in [0.2, 0.25) is 0 Å². The second-order valence-electron chi connectivity index (χ2n) is 5.47. The predicted molar refractivity (Wildman–Crippen MR) is 72.6 cm³/mol. The van der Waals surface area contributed by atoms with Gasteiger partial charge in [-0.25, -0.2) is 4.98 Å². The summed E-state index contributed by atoms with van der Waals surface area (Å²) in [4.78, 5) is 19.0. The van der Waals surface area contributed by atoms with Gasteiger partial charge >= 0.3 is 0 Å². The standard InChI is InChI=1S/C14H21N3O/c1-10-6-7-16-13(15)11(10)12(18)14(2,3)17-8-4-5-9-17/h6-7H,4-5,8-9H2,1-3H3,(H2,15,16). The van der Waals surface area contributed by atoms with E-state index in [0.29, 0.717) is 11.4 Å². The summed E-state index contributed by atoms with van der Waals surface area (Å²) in [5, 5.41) is 0. The number of hydrogen-bond acceptors (Lipinski definition) is 4. The van der Waals surface area contributed by atoms with Crippen LogP contribution in [0.1, 0.15) is 42.6 Å². The molecule has 1 aliphatic heterocycles. The number of rotatable bonds is 3. The summed E-state index contributed by atoms with van der Waals surface area (Å²) in [6.45, 7) is 7.83. The van der Waals surface area contributed by atoms with Crippen LogP contribution in [-0.4, -0.2) is 34.3 Å². The molecule has 0 atom stereocenters. The molecule has 18 heavy (non-hydrogen) atoms. The number of anilines is 1. The highest BCUT2D eigenvalue weighted by Crippen LogP contribution is 2.27. The first-order valence-corrected chi connectivity index (χ1v) is 6.45. The zero-order valence-electron chi connectivity index (χ0n) is 11.4. The van der Waals surface area contributed by atoms with Gasteiger partial charge in [-0.3, -0.25) is 9.69 Å². The van der Waals surface area contributed by atoms with Gasteiger partial charge in [0.1, 0.15) is 5.82 Å². The van der Waals surface area contributed by atoms with Crippen molar-refractivity contribution < 1.29 is 4.79 Å². The SMILES string of the molecule is Cc1ccnc(N)c1C(=O)C(C)(C)N1CCCC1. The van der Waals surface area contributed by atoms with Gasteiger partial charge in [-0.05, 0) is 58.3 Å². The molecule has 0 bridgehead atoms. The minimum atomic E-state index is -0.502. The van der Waals surface area contributed by atoms with E-state index in [4.69, 9.17) is 5.73 Å². The quantitative estimate of drug-likeness (QED) is 0.830. The maximum absolute atomic E-state index is 12.7. The van der Waals surface area contributed by atoms with E-state index in [1.54, 1.807) is 6.20 Å². The zero-order valence-corrected chi connectivity index (χ0v) is 11.4. The largest absolute Gasteiger partial charge is 0.383 e. The lowest BCUT2D eigenvalue weighted by Gasteiger charge is -2.34. The summed E-state index contributed by atoms with van der Waals surface area (Å²) in [6, 6.07) is 1.84. The number of carbonyl (C=O) groups excluding carboxylic acids is 1. The minimum absolute atomic E-state index is 0.0764. The molecule has 1 aromatic rings. The molecular weight excluding hydrogens is 226 g/mol. The number of ketones is 1. The van der Waals surface area contributed by atoms with Crippen molar-refractivity contribution >= 4 is 11.6 Å². The fourth-order valence-corrected chi connectivity index (χ4v) is 2.60. The summed E-state index contributed by atoms with van der Waals surface area (Å²) in [6.07, 6.45) is 3.97. The molecule has 1 aromatic heterocycles. The van der Waals surface area contributed by atoms with Gasteiger partial charge in [-0.2, -0.15) is 0 Å². The predicted octanol–water partition coefficient (Wildman–Crippen LogP) is 2.03.